The van der Waals surface area contributed by atoms with Crippen molar-refractivity contribution in [3.63, 3.8) is 0 Å². The molecule has 0 saturated heterocycles. The van der Waals surface area contributed by atoms with E-state index in [9.17, 15) is 4.79 Å². The Morgan fingerprint density at radius 2 is 2.11 bits per heavy atom. The lowest BCUT2D eigenvalue weighted by Gasteiger charge is -2.11. The Morgan fingerprint density at radius 1 is 1.19 bits per heavy atom. The number of hydrazone groups is 1. The van der Waals surface area contributed by atoms with Crippen LogP contribution in [0.5, 0.6) is 0 Å². The largest absolute Gasteiger partial charge is 0.472 e. The Hall–Kier alpha value is -3.93. The molecule has 0 aliphatic rings. The quantitative estimate of drug-likeness (QED) is 0.328. The lowest BCUT2D eigenvalue weighted by molar-refractivity contribution is 0.102. The number of amides is 1. The number of nitrogens with two attached hydrogens (primary N) is 1. The van der Waals surface area contributed by atoms with Gasteiger partial charge in [-0.3, -0.25) is 9.78 Å². The minimum absolute atomic E-state index is 0.206. The zero-order chi connectivity index (χ0) is 18.6. The number of anilines is 1. The van der Waals surface area contributed by atoms with Gasteiger partial charge in [-0.05, 0) is 58.3 Å². The summed E-state index contributed by atoms with van der Waals surface area (Å²) >= 11 is 0. The first-order valence-corrected chi connectivity index (χ1v) is 8.29. The van der Waals surface area contributed by atoms with E-state index in [1.54, 1.807) is 43.3 Å². The van der Waals surface area contributed by atoms with Gasteiger partial charge in [-0.2, -0.15) is 5.10 Å². The van der Waals surface area contributed by atoms with Gasteiger partial charge in [-0.25, -0.2) is 0 Å². The highest BCUT2D eigenvalue weighted by molar-refractivity contribution is 6.10. The smallest absolute Gasteiger partial charge is 0.255 e. The summed E-state index contributed by atoms with van der Waals surface area (Å²) in [4.78, 5) is 16.8. The SMILES string of the molecule is NN=Cc1ccc2cc(C(=O)Nc3cccnc3)cc(-c3ccoc3)c2c1. The standard InChI is InChI=1S/C21H16N4O2/c22-24-11-14-3-4-15-9-17(21(26)25-18-2-1-6-23-12-18)10-20(19(15)8-14)16-5-7-27-13-16/h1-13H,22H2,(H,25,26). The molecule has 3 N–H and O–H groups in total. The maximum Gasteiger partial charge on any atom is 0.255 e. The predicted molar refractivity (Wildman–Crippen MR) is 106 cm³/mol. The van der Waals surface area contributed by atoms with Crippen LogP contribution < -0.4 is 11.2 Å². The average molecular weight is 356 g/mol. The lowest BCUT2D eigenvalue weighted by atomic mass is 9.95. The maximum absolute atomic E-state index is 12.7. The number of hydrogen-bond acceptors (Lipinski definition) is 5. The van der Waals surface area contributed by atoms with E-state index in [-0.39, 0.29) is 5.91 Å². The van der Waals surface area contributed by atoms with Gasteiger partial charge in [0, 0.05) is 17.3 Å². The van der Waals surface area contributed by atoms with E-state index in [4.69, 9.17) is 10.3 Å². The molecular weight excluding hydrogens is 340 g/mol. The van der Waals surface area contributed by atoms with Gasteiger partial charge < -0.3 is 15.6 Å². The molecule has 6 nitrogen and oxygen atoms in total. The first-order valence-electron chi connectivity index (χ1n) is 8.29. The molecule has 1 amide bonds. The molecule has 0 saturated carbocycles. The van der Waals surface area contributed by atoms with E-state index < -0.39 is 0 Å². The van der Waals surface area contributed by atoms with Crippen molar-refractivity contribution < 1.29 is 9.21 Å². The van der Waals surface area contributed by atoms with Crippen LogP contribution in [-0.2, 0) is 0 Å². The zero-order valence-corrected chi connectivity index (χ0v) is 14.3. The van der Waals surface area contributed by atoms with Crippen LogP contribution >= 0.6 is 0 Å². The molecule has 4 aromatic rings. The van der Waals surface area contributed by atoms with Crippen molar-refractivity contribution >= 4 is 28.6 Å². The van der Waals surface area contributed by atoms with Gasteiger partial charge in [0.05, 0.1) is 30.6 Å². The van der Waals surface area contributed by atoms with Crippen molar-refractivity contribution in [2.75, 3.05) is 5.32 Å². The van der Waals surface area contributed by atoms with Gasteiger partial charge in [0.2, 0.25) is 0 Å². The number of nitrogens with one attached hydrogen (secondary N) is 1. The molecule has 2 aromatic heterocycles. The molecule has 0 unspecified atom stereocenters. The predicted octanol–water partition coefficient (Wildman–Crippen LogP) is 4.04. The Balaban J connectivity index is 1.83. The number of hydrogen-bond donors (Lipinski definition) is 2. The van der Waals surface area contributed by atoms with E-state index in [0.717, 1.165) is 27.5 Å². The van der Waals surface area contributed by atoms with Crippen molar-refractivity contribution in [3.8, 4) is 11.1 Å². The number of fused-ring (bicyclic) bond motifs is 1. The van der Waals surface area contributed by atoms with Crippen LogP contribution in [0, 0.1) is 0 Å². The van der Waals surface area contributed by atoms with Gasteiger partial charge in [-0.1, -0.05) is 12.1 Å². The van der Waals surface area contributed by atoms with Crippen molar-refractivity contribution in [2.45, 2.75) is 0 Å². The molecule has 0 atom stereocenters. The van der Waals surface area contributed by atoms with Gasteiger partial charge in [0.25, 0.3) is 5.91 Å². The molecule has 0 aliphatic carbocycles. The molecule has 6 heteroatoms. The van der Waals surface area contributed by atoms with Gasteiger partial charge in [0.1, 0.15) is 0 Å². The zero-order valence-electron chi connectivity index (χ0n) is 14.3. The van der Waals surface area contributed by atoms with Crippen LogP contribution in [0.3, 0.4) is 0 Å². The summed E-state index contributed by atoms with van der Waals surface area (Å²) in [5.74, 6) is 5.06. The number of pyridine rings is 1. The molecule has 0 aliphatic heterocycles. The number of nitrogens with zero attached hydrogens (tertiary/aromatic N) is 2. The van der Waals surface area contributed by atoms with Gasteiger partial charge in [-0.15, -0.1) is 0 Å². The van der Waals surface area contributed by atoms with E-state index >= 15 is 0 Å². The summed E-state index contributed by atoms with van der Waals surface area (Å²) in [5, 5.41) is 8.36. The fourth-order valence-electron chi connectivity index (χ4n) is 2.97. The highest BCUT2D eigenvalue weighted by Gasteiger charge is 2.13. The molecule has 2 aromatic carbocycles. The summed E-state index contributed by atoms with van der Waals surface area (Å²) in [6, 6.07) is 15.0. The minimum Gasteiger partial charge on any atom is -0.472 e. The monoisotopic (exact) mass is 356 g/mol. The molecule has 132 valence electrons. The third kappa shape index (κ3) is 3.41. The van der Waals surface area contributed by atoms with Crippen LogP contribution in [0.15, 0.2) is 83.0 Å². The lowest BCUT2D eigenvalue weighted by Crippen LogP contribution is -2.12. The van der Waals surface area contributed by atoms with Crippen LogP contribution in [0.25, 0.3) is 21.9 Å². The average Bonchev–Trinajstić information content (AvgIpc) is 3.23. The van der Waals surface area contributed by atoms with E-state index in [2.05, 4.69) is 15.4 Å². The summed E-state index contributed by atoms with van der Waals surface area (Å²) < 4.78 is 5.24. The molecule has 2 heterocycles. The summed E-state index contributed by atoms with van der Waals surface area (Å²) in [6.45, 7) is 0. The number of benzene rings is 2. The molecule has 0 spiro atoms. The van der Waals surface area contributed by atoms with Crippen molar-refractivity contribution in [1.82, 2.24) is 4.98 Å². The fraction of sp³-hybridized carbons (Fsp3) is 0. The number of aromatic nitrogens is 1. The third-order valence-electron chi connectivity index (χ3n) is 4.22. The second-order valence-corrected chi connectivity index (χ2v) is 5.99. The van der Waals surface area contributed by atoms with Crippen LogP contribution in [-0.4, -0.2) is 17.1 Å². The highest BCUT2D eigenvalue weighted by Crippen LogP contribution is 2.31. The molecule has 0 fully saturated rings. The maximum atomic E-state index is 12.7. The van der Waals surface area contributed by atoms with Crippen molar-refractivity contribution in [1.29, 1.82) is 0 Å². The number of rotatable bonds is 4. The van der Waals surface area contributed by atoms with E-state index in [1.165, 1.54) is 0 Å². The summed E-state index contributed by atoms with van der Waals surface area (Å²) in [5.41, 5.74) is 3.84. The number of furan rings is 1. The van der Waals surface area contributed by atoms with Crippen LogP contribution in [0.1, 0.15) is 15.9 Å². The first-order chi connectivity index (χ1) is 13.2. The third-order valence-corrected chi connectivity index (χ3v) is 4.22. The highest BCUT2D eigenvalue weighted by atomic mass is 16.3. The fourth-order valence-corrected chi connectivity index (χ4v) is 2.97. The molecule has 4 rings (SSSR count). The number of carbonyl (C=O) groups excluding carboxylic acids is 1. The Morgan fingerprint density at radius 3 is 2.85 bits per heavy atom. The Labute approximate surface area is 155 Å². The van der Waals surface area contributed by atoms with Crippen molar-refractivity contribution in [3.05, 3.63) is 84.6 Å². The van der Waals surface area contributed by atoms with Gasteiger partial charge >= 0.3 is 0 Å². The second-order valence-electron chi connectivity index (χ2n) is 5.99. The first kappa shape index (κ1) is 16.5. The Bertz CT molecular complexity index is 1120. The normalized spacial score (nSPS) is 11.1. The minimum atomic E-state index is -0.206. The van der Waals surface area contributed by atoms with Gasteiger partial charge in [0.15, 0.2) is 0 Å². The van der Waals surface area contributed by atoms with Crippen molar-refractivity contribution in [2.24, 2.45) is 10.9 Å². The molecular formula is C21H16N4O2. The molecule has 0 radical (unpaired) electrons. The topological polar surface area (TPSA) is 93.5 Å². The molecule has 27 heavy (non-hydrogen) atoms. The van der Waals surface area contributed by atoms with Crippen LogP contribution in [0.2, 0.25) is 0 Å². The number of carbonyl (C=O) groups is 1. The second kappa shape index (κ2) is 7.13. The van der Waals surface area contributed by atoms with E-state index in [0.29, 0.717) is 11.3 Å². The Kier molecular flexibility index (Phi) is 4.37. The van der Waals surface area contributed by atoms with E-state index in [1.807, 2.05) is 36.4 Å². The van der Waals surface area contributed by atoms with Crippen LogP contribution in [0.4, 0.5) is 5.69 Å². The summed E-state index contributed by atoms with van der Waals surface area (Å²) in [6.07, 6.45) is 8.11. The summed E-state index contributed by atoms with van der Waals surface area (Å²) in [7, 11) is 0. The molecule has 0 bridgehead atoms.